The molecule has 1 amide bonds. The van der Waals surface area contributed by atoms with Crippen molar-refractivity contribution < 1.29 is 18.0 Å². The molecule has 0 aliphatic carbocycles. The van der Waals surface area contributed by atoms with E-state index in [1.54, 1.807) is 5.32 Å². The van der Waals surface area contributed by atoms with E-state index in [-0.39, 0.29) is 0 Å². The fourth-order valence-electron chi connectivity index (χ4n) is 0.270. The van der Waals surface area contributed by atoms with Crippen LogP contribution in [-0.2, 0) is 4.79 Å². The van der Waals surface area contributed by atoms with E-state index in [0.29, 0.717) is 0 Å². The minimum atomic E-state index is -2.47. The number of amides is 1. The Balaban J connectivity index is 3.92. The van der Waals surface area contributed by atoms with Crippen molar-refractivity contribution in [3.63, 3.8) is 0 Å². The van der Waals surface area contributed by atoms with Crippen LogP contribution in [0.5, 0.6) is 0 Å². The maximum Gasteiger partial charge on any atom is 0.302 e. The van der Waals surface area contributed by atoms with Crippen molar-refractivity contribution in [3.05, 3.63) is 19.0 Å². The molecule has 0 spiro atoms. The molecule has 5 heteroatoms. The van der Waals surface area contributed by atoms with Gasteiger partial charge in [-0.1, -0.05) is 0 Å². The predicted octanol–water partition coefficient (Wildman–Crippen LogP) is 1.36. The number of nitrogens with one attached hydrogen (secondary N) is 1. The lowest BCUT2D eigenvalue weighted by atomic mass is 10.4. The summed E-state index contributed by atoms with van der Waals surface area (Å²) in [6.07, 6.45) is -3.42. The normalized spacial score (nSPS) is 8.80. The molecule has 0 saturated carbocycles. The molecule has 0 saturated heterocycles. The number of rotatable bonds is 2. The predicted molar refractivity (Wildman–Crippen MR) is 28.5 cm³/mol. The summed E-state index contributed by atoms with van der Waals surface area (Å²) < 4.78 is 34.3. The van der Waals surface area contributed by atoms with E-state index in [1.807, 2.05) is 0 Å². The average Bonchev–Trinajstić information content (AvgIpc) is 1.87. The standard InChI is InChI=1S/C5H5F3NO/c1-9-4(10)2-3(6)5(7)8/h1-2H2,(H,9,10). The summed E-state index contributed by atoms with van der Waals surface area (Å²) in [6, 6.07) is 0. The zero-order valence-corrected chi connectivity index (χ0v) is 4.96. The molecule has 0 unspecified atom stereocenters. The van der Waals surface area contributed by atoms with E-state index in [1.165, 1.54) is 0 Å². The highest BCUT2D eigenvalue weighted by Gasteiger charge is 2.08. The van der Waals surface area contributed by atoms with Gasteiger partial charge in [0.1, 0.15) is 0 Å². The summed E-state index contributed by atoms with van der Waals surface area (Å²) in [4.78, 5) is 10.1. The van der Waals surface area contributed by atoms with Crippen LogP contribution in [0, 0.1) is 7.05 Å². The Labute approximate surface area is 55.7 Å². The van der Waals surface area contributed by atoms with Gasteiger partial charge in [-0.05, 0) is 0 Å². The summed E-state index contributed by atoms with van der Waals surface area (Å²) in [5, 5.41) is 1.75. The highest BCUT2D eigenvalue weighted by atomic mass is 19.3. The molecular formula is C5H5F3NO. The number of hydrogen-bond donors (Lipinski definition) is 1. The molecule has 1 N–H and O–H groups in total. The molecule has 10 heavy (non-hydrogen) atoms. The molecule has 57 valence electrons. The van der Waals surface area contributed by atoms with Gasteiger partial charge in [-0.3, -0.25) is 4.79 Å². The molecule has 0 aromatic heterocycles. The van der Waals surface area contributed by atoms with Crippen LogP contribution in [0.25, 0.3) is 0 Å². The van der Waals surface area contributed by atoms with Crippen molar-refractivity contribution in [1.29, 1.82) is 0 Å². The summed E-state index contributed by atoms with van der Waals surface area (Å²) in [5.41, 5.74) is 0. The maximum atomic E-state index is 11.8. The fourth-order valence-corrected chi connectivity index (χ4v) is 0.270. The van der Waals surface area contributed by atoms with Crippen molar-refractivity contribution in [3.8, 4) is 0 Å². The molecule has 0 atom stereocenters. The zero-order chi connectivity index (χ0) is 8.15. The monoisotopic (exact) mass is 152 g/mol. The van der Waals surface area contributed by atoms with Crippen molar-refractivity contribution in [2.75, 3.05) is 0 Å². The molecule has 0 aliphatic heterocycles. The van der Waals surface area contributed by atoms with Gasteiger partial charge in [0.25, 0.3) is 0 Å². The second-order valence-electron chi connectivity index (χ2n) is 1.44. The van der Waals surface area contributed by atoms with E-state index < -0.39 is 24.2 Å². The molecule has 0 rings (SSSR count). The minimum absolute atomic E-state index is 0.884. The third-order valence-electron chi connectivity index (χ3n) is 0.718. The van der Waals surface area contributed by atoms with Crippen LogP contribution in [0.4, 0.5) is 13.2 Å². The van der Waals surface area contributed by atoms with E-state index >= 15 is 0 Å². The van der Waals surface area contributed by atoms with Crippen LogP contribution >= 0.6 is 0 Å². The van der Waals surface area contributed by atoms with Gasteiger partial charge in [0, 0.05) is 7.05 Å². The molecule has 0 aliphatic rings. The first-order valence-corrected chi connectivity index (χ1v) is 2.33. The van der Waals surface area contributed by atoms with Crippen LogP contribution < -0.4 is 5.32 Å². The van der Waals surface area contributed by atoms with Crippen molar-refractivity contribution >= 4 is 5.91 Å². The minimum Gasteiger partial charge on any atom is -0.354 e. The SMILES string of the molecule is [CH2]NC(=O)CC(F)=C(F)F. The smallest absolute Gasteiger partial charge is 0.302 e. The van der Waals surface area contributed by atoms with E-state index in [9.17, 15) is 18.0 Å². The summed E-state index contributed by atoms with van der Waals surface area (Å²) in [5.74, 6) is -2.61. The Bertz CT molecular complexity index is 162. The van der Waals surface area contributed by atoms with Crippen LogP contribution in [0.2, 0.25) is 0 Å². The average molecular weight is 152 g/mol. The van der Waals surface area contributed by atoms with Gasteiger partial charge in [0.05, 0.1) is 6.42 Å². The third kappa shape index (κ3) is 3.11. The summed E-state index contributed by atoms with van der Waals surface area (Å²) in [6.45, 7) is 0. The topological polar surface area (TPSA) is 29.1 Å². The molecule has 0 aromatic rings. The van der Waals surface area contributed by atoms with Gasteiger partial charge in [-0.15, -0.1) is 0 Å². The van der Waals surface area contributed by atoms with Crippen molar-refractivity contribution in [2.45, 2.75) is 6.42 Å². The number of carbonyl (C=O) groups excluding carboxylic acids is 1. The van der Waals surface area contributed by atoms with Gasteiger partial charge in [-0.2, -0.15) is 8.78 Å². The Morgan fingerprint density at radius 3 is 2.20 bits per heavy atom. The second kappa shape index (κ2) is 3.92. The Kier molecular flexibility index (Phi) is 3.53. The second-order valence-corrected chi connectivity index (χ2v) is 1.44. The van der Waals surface area contributed by atoms with Gasteiger partial charge >= 0.3 is 6.08 Å². The Morgan fingerprint density at radius 2 is 1.90 bits per heavy atom. The first-order valence-electron chi connectivity index (χ1n) is 2.33. The highest BCUT2D eigenvalue weighted by Crippen LogP contribution is 2.12. The molecule has 1 radical (unpaired) electrons. The largest absolute Gasteiger partial charge is 0.354 e. The van der Waals surface area contributed by atoms with Gasteiger partial charge in [0.15, 0.2) is 5.83 Å². The fraction of sp³-hybridized carbons (Fsp3) is 0.200. The zero-order valence-electron chi connectivity index (χ0n) is 4.96. The molecule has 0 heterocycles. The Hall–Kier alpha value is -1.00. The number of hydrogen-bond acceptors (Lipinski definition) is 1. The van der Waals surface area contributed by atoms with Crippen LogP contribution in [0.1, 0.15) is 6.42 Å². The first kappa shape index (κ1) is 9.00. The third-order valence-corrected chi connectivity index (χ3v) is 0.718. The highest BCUT2D eigenvalue weighted by molar-refractivity contribution is 5.78. The van der Waals surface area contributed by atoms with E-state index in [2.05, 4.69) is 7.05 Å². The van der Waals surface area contributed by atoms with Crippen molar-refractivity contribution in [1.82, 2.24) is 5.32 Å². The lowest BCUT2D eigenvalue weighted by Crippen LogP contribution is -2.14. The van der Waals surface area contributed by atoms with Crippen LogP contribution in [0.3, 0.4) is 0 Å². The van der Waals surface area contributed by atoms with Gasteiger partial charge < -0.3 is 5.32 Å². The summed E-state index contributed by atoms with van der Waals surface area (Å²) >= 11 is 0. The molecule has 0 bridgehead atoms. The molecule has 2 nitrogen and oxygen atoms in total. The van der Waals surface area contributed by atoms with E-state index in [0.717, 1.165) is 0 Å². The quantitative estimate of drug-likeness (QED) is 0.635. The maximum absolute atomic E-state index is 11.8. The first-order chi connectivity index (χ1) is 4.57. The molecule has 0 fully saturated rings. The van der Waals surface area contributed by atoms with E-state index in [4.69, 9.17) is 0 Å². The lowest BCUT2D eigenvalue weighted by Gasteiger charge is -1.93. The number of carbonyl (C=O) groups is 1. The van der Waals surface area contributed by atoms with Crippen LogP contribution in [-0.4, -0.2) is 5.91 Å². The summed E-state index contributed by atoms with van der Waals surface area (Å²) in [7, 11) is 2.86. The number of halogens is 3. The molecular weight excluding hydrogens is 147 g/mol. The molecule has 0 aromatic carbocycles. The van der Waals surface area contributed by atoms with Crippen LogP contribution in [0.15, 0.2) is 11.9 Å². The van der Waals surface area contributed by atoms with Crippen molar-refractivity contribution in [2.24, 2.45) is 0 Å². The van der Waals surface area contributed by atoms with Gasteiger partial charge in [0.2, 0.25) is 5.91 Å². The van der Waals surface area contributed by atoms with Gasteiger partial charge in [-0.25, -0.2) is 4.39 Å². The Morgan fingerprint density at radius 1 is 1.40 bits per heavy atom. The lowest BCUT2D eigenvalue weighted by molar-refractivity contribution is -0.119.